The SMILES string of the molecule is CCC[C@@H](C)NC(=O)CSc1nc2sc(C)c(C)c2c(=O)n1C(C)C. The van der Waals surface area contributed by atoms with Crippen molar-refractivity contribution in [1.29, 1.82) is 0 Å². The van der Waals surface area contributed by atoms with Crippen LogP contribution in [0.2, 0.25) is 0 Å². The van der Waals surface area contributed by atoms with Gasteiger partial charge in [-0.1, -0.05) is 25.1 Å². The van der Waals surface area contributed by atoms with Crippen molar-refractivity contribution in [2.24, 2.45) is 0 Å². The first kappa shape index (κ1) is 20.0. The van der Waals surface area contributed by atoms with Gasteiger partial charge in [0.15, 0.2) is 5.16 Å². The van der Waals surface area contributed by atoms with Crippen LogP contribution >= 0.6 is 23.1 Å². The van der Waals surface area contributed by atoms with E-state index >= 15 is 0 Å². The van der Waals surface area contributed by atoms with Crippen LogP contribution in [0.1, 0.15) is 57.0 Å². The van der Waals surface area contributed by atoms with E-state index in [1.54, 1.807) is 15.9 Å². The minimum Gasteiger partial charge on any atom is -0.353 e. The molecule has 25 heavy (non-hydrogen) atoms. The summed E-state index contributed by atoms with van der Waals surface area (Å²) in [5.74, 6) is 0.247. The van der Waals surface area contributed by atoms with Gasteiger partial charge in [-0.3, -0.25) is 14.2 Å². The third-order valence-corrected chi connectivity index (χ3v) is 6.23. The first-order chi connectivity index (χ1) is 11.8. The van der Waals surface area contributed by atoms with E-state index in [1.165, 1.54) is 11.8 Å². The standard InChI is InChI=1S/C18H27N3O2S2/c1-7-8-11(4)19-14(22)9-24-18-20-16-15(12(5)13(6)25-16)17(23)21(18)10(2)3/h10-11H,7-9H2,1-6H3,(H,19,22)/t11-/m1/s1. The van der Waals surface area contributed by atoms with Crippen molar-refractivity contribution < 1.29 is 4.79 Å². The number of carbonyl (C=O) groups is 1. The molecule has 2 rings (SSSR count). The number of rotatable bonds is 7. The molecule has 0 aliphatic rings. The number of hydrogen-bond acceptors (Lipinski definition) is 5. The van der Waals surface area contributed by atoms with Crippen molar-refractivity contribution in [2.75, 3.05) is 5.75 Å². The molecule has 1 N–H and O–H groups in total. The summed E-state index contributed by atoms with van der Waals surface area (Å²) < 4.78 is 1.70. The number of thioether (sulfide) groups is 1. The lowest BCUT2D eigenvalue weighted by Gasteiger charge is -2.16. The average Bonchev–Trinajstić information content (AvgIpc) is 2.79. The predicted molar refractivity (Wildman–Crippen MR) is 107 cm³/mol. The topological polar surface area (TPSA) is 64.0 Å². The van der Waals surface area contributed by atoms with Crippen LogP contribution in [0.15, 0.2) is 9.95 Å². The third kappa shape index (κ3) is 4.44. The number of aryl methyl sites for hydroxylation is 2. The molecule has 0 spiro atoms. The van der Waals surface area contributed by atoms with Gasteiger partial charge in [0, 0.05) is 17.0 Å². The van der Waals surface area contributed by atoms with Crippen LogP contribution < -0.4 is 10.9 Å². The van der Waals surface area contributed by atoms with Crippen LogP contribution in [0.3, 0.4) is 0 Å². The summed E-state index contributed by atoms with van der Waals surface area (Å²) in [7, 11) is 0. The highest BCUT2D eigenvalue weighted by Crippen LogP contribution is 2.29. The molecular weight excluding hydrogens is 354 g/mol. The van der Waals surface area contributed by atoms with Crippen molar-refractivity contribution in [3.05, 3.63) is 20.8 Å². The van der Waals surface area contributed by atoms with Gasteiger partial charge in [0.25, 0.3) is 5.56 Å². The molecule has 2 aromatic rings. The zero-order chi connectivity index (χ0) is 18.7. The van der Waals surface area contributed by atoms with Crippen molar-refractivity contribution in [3.8, 4) is 0 Å². The maximum Gasteiger partial charge on any atom is 0.263 e. The largest absolute Gasteiger partial charge is 0.353 e. The molecule has 5 nitrogen and oxygen atoms in total. The van der Waals surface area contributed by atoms with E-state index in [-0.39, 0.29) is 29.3 Å². The monoisotopic (exact) mass is 381 g/mol. The number of carbonyl (C=O) groups excluding carboxylic acids is 1. The Bertz CT molecular complexity index is 824. The maximum atomic E-state index is 12.9. The summed E-state index contributed by atoms with van der Waals surface area (Å²) in [6.07, 6.45) is 2.00. The molecule has 0 bridgehead atoms. The minimum atomic E-state index is -0.0193. The summed E-state index contributed by atoms with van der Waals surface area (Å²) in [5.41, 5.74) is 0.999. The Balaban J connectivity index is 2.30. The number of thiophene rings is 1. The smallest absolute Gasteiger partial charge is 0.263 e. The molecule has 0 fully saturated rings. The number of nitrogens with zero attached hydrogens (tertiary/aromatic N) is 2. The molecule has 0 radical (unpaired) electrons. The highest BCUT2D eigenvalue weighted by Gasteiger charge is 2.19. The second kappa shape index (κ2) is 8.36. The van der Waals surface area contributed by atoms with Gasteiger partial charge < -0.3 is 5.32 Å². The Hall–Kier alpha value is -1.34. The Kier molecular flexibility index (Phi) is 6.68. The van der Waals surface area contributed by atoms with Gasteiger partial charge in [0.2, 0.25) is 5.91 Å². The maximum absolute atomic E-state index is 12.9. The van der Waals surface area contributed by atoms with E-state index in [1.807, 2.05) is 34.6 Å². The normalized spacial score (nSPS) is 12.8. The van der Waals surface area contributed by atoms with Gasteiger partial charge in [0.1, 0.15) is 4.83 Å². The van der Waals surface area contributed by atoms with E-state index in [4.69, 9.17) is 4.98 Å². The Morgan fingerprint density at radius 3 is 2.60 bits per heavy atom. The van der Waals surface area contributed by atoms with Crippen molar-refractivity contribution >= 4 is 39.2 Å². The zero-order valence-corrected chi connectivity index (χ0v) is 17.4. The molecular formula is C18H27N3O2S2. The van der Waals surface area contributed by atoms with Gasteiger partial charge >= 0.3 is 0 Å². The molecule has 138 valence electrons. The molecule has 1 atom stereocenters. The Morgan fingerprint density at radius 1 is 1.32 bits per heavy atom. The fourth-order valence-corrected chi connectivity index (χ4v) is 4.81. The van der Waals surface area contributed by atoms with Crippen molar-refractivity contribution in [2.45, 2.75) is 71.6 Å². The summed E-state index contributed by atoms with van der Waals surface area (Å²) in [6, 6.07) is 0.164. The van der Waals surface area contributed by atoms with Crippen molar-refractivity contribution in [3.63, 3.8) is 0 Å². The van der Waals surface area contributed by atoms with Gasteiger partial charge in [-0.15, -0.1) is 11.3 Å². The second-order valence-corrected chi connectivity index (χ2v) is 8.82. The van der Waals surface area contributed by atoms with Gasteiger partial charge in [-0.05, 0) is 46.6 Å². The molecule has 0 aromatic carbocycles. The van der Waals surface area contributed by atoms with E-state index < -0.39 is 0 Å². The highest BCUT2D eigenvalue weighted by molar-refractivity contribution is 7.99. The van der Waals surface area contributed by atoms with Crippen LogP contribution in [0.4, 0.5) is 0 Å². The molecule has 0 saturated heterocycles. The molecule has 2 aromatic heterocycles. The molecule has 0 aliphatic heterocycles. The van der Waals surface area contributed by atoms with Gasteiger partial charge in [0.05, 0.1) is 11.1 Å². The van der Waals surface area contributed by atoms with E-state index in [2.05, 4.69) is 12.2 Å². The Labute approximate surface area is 157 Å². The molecule has 1 amide bonds. The number of aromatic nitrogens is 2. The molecule has 0 saturated carbocycles. The summed E-state index contributed by atoms with van der Waals surface area (Å²) in [5, 5.41) is 4.32. The lowest BCUT2D eigenvalue weighted by molar-refractivity contribution is -0.119. The van der Waals surface area contributed by atoms with Crippen LogP contribution in [0, 0.1) is 13.8 Å². The van der Waals surface area contributed by atoms with E-state index in [0.29, 0.717) is 10.5 Å². The van der Waals surface area contributed by atoms with Crippen molar-refractivity contribution in [1.82, 2.24) is 14.9 Å². The van der Waals surface area contributed by atoms with E-state index in [0.717, 1.165) is 28.1 Å². The number of nitrogens with one attached hydrogen (secondary N) is 1. The van der Waals surface area contributed by atoms with Crippen LogP contribution in [0.5, 0.6) is 0 Å². The van der Waals surface area contributed by atoms with Crippen LogP contribution in [-0.4, -0.2) is 27.3 Å². The van der Waals surface area contributed by atoms with Crippen LogP contribution in [0.25, 0.3) is 10.2 Å². The first-order valence-electron chi connectivity index (χ1n) is 8.70. The Morgan fingerprint density at radius 2 is 2.00 bits per heavy atom. The molecule has 7 heteroatoms. The number of amides is 1. The first-order valence-corrected chi connectivity index (χ1v) is 10.5. The number of fused-ring (bicyclic) bond motifs is 1. The highest BCUT2D eigenvalue weighted by atomic mass is 32.2. The summed E-state index contributed by atoms with van der Waals surface area (Å²) >= 11 is 2.87. The van der Waals surface area contributed by atoms with E-state index in [9.17, 15) is 9.59 Å². The quantitative estimate of drug-likeness (QED) is 0.580. The summed E-state index contributed by atoms with van der Waals surface area (Å²) in [4.78, 5) is 31.7. The van der Waals surface area contributed by atoms with Crippen LogP contribution in [-0.2, 0) is 4.79 Å². The minimum absolute atomic E-state index is 0.00594. The second-order valence-electron chi connectivity index (χ2n) is 6.67. The summed E-state index contributed by atoms with van der Waals surface area (Å²) in [6.45, 7) is 12.0. The predicted octanol–water partition coefficient (Wildman–Crippen LogP) is 4.05. The average molecular weight is 382 g/mol. The van der Waals surface area contributed by atoms with Gasteiger partial charge in [-0.2, -0.15) is 0 Å². The molecule has 2 heterocycles. The zero-order valence-electron chi connectivity index (χ0n) is 15.8. The third-order valence-electron chi connectivity index (χ3n) is 4.18. The molecule has 0 aliphatic carbocycles. The lowest BCUT2D eigenvalue weighted by atomic mass is 10.2. The number of hydrogen-bond donors (Lipinski definition) is 1. The van der Waals surface area contributed by atoms with Gasteiger partial charge in [-0.25, -0.2) is 4.98 Å². The fourth-order valence-electron chi connectivity index (χ4n) is 2.80. The lowest BCUT2D eigenvalue weighted by Crippen LogP contribution is -2.34. The fraction of sp³-hybridized carbons (Fsp3) is 0.611. The molecule has 0 unspecified atom stereocenters.